The molecule has 0 bridgehead atoms. The third-order valence-electron chi connectivity index (χ3n) is 9.05. The minimum atomic E-state index is 0.0377. The van der Waals surface area contributed by atoms with Crippen LogP contribution >= 0.6 is 23.5 Å². The van der Waals surface area contributed by atoms with Gasteiger partial charge >= 0.3 is 0 Å². The van der Waals surface area contributed by atoms with Gasteiger partial charge in [-0.15, -0.1) is 0 Å². The fourth-order valence-corrected chi connectivity index (χ4v) is 8.30. The standard InChI is InChI=1S/C32H34N4S2/c1-3-5-7-9-15-32(16-10-8-6-4-2)24-12-14-27-31(36-38-34-27)29(24)23-18-21-17-20-11-13-26-30(35-37-33-26)28(20)22(21)19-25(23)32/h11-14,18-19H,3-10,15-17H2,1-2H3. The number of nitrogens with zero attached hydrogens (tertiary/aromatic N) is 4. The minimum absolute atomic E-state index is 0.0377. The second-order valence-corrected chi connectivity index (χ2v) is 12.3. The SMILES string of the molecule is CCCCCCC1(CCCCCC)c2cc3c(cc2-c2c1ccc1nsnc21)Cc1ccc2nsnc2c1-3. The lowest BCUT2D eigenvalue weighted by Crippen LogP contribution is -2.25. The van der Waals surface area contributed by atoms with Crippen molar-refractivity contribution < 1.29 is 0 Å². The average Bonchev–Trinajstić information content (AvgIpc) is 3.71. The Kier molecular flexibility index (Phi) is 6.28. The maximum atomic E-state index is 4.85. The van der Waals surface area contributed by atoms with Crippen molar-refractivity contribution in [3.63, 3.8) is 0 Å². The number of rotatable bonds is 10. The maximum absolute atomic E-state index is 4.85. The van der Waals surface area contributed by atoms with Crippen molar-refractivity contribution in [3.8, 4) is 22.3 Å². The summed E-state index contributed by atoms with van der Waals surface area (Å²) in [4.78, 5) is 0. The van der Waals surface area contributed by atoms with E-state index < -0.39 is 0 Å². The fourth-order valence-electron chi connectivity index (χ4n) is 7.21. The lowest BCUT2D eigenvalue weighted by atomic mass is 9.70. The van der Waals surface area contributed by atoms with Gasteiger partial charge in [-0.25, -0.2) is 0 Å². The highest BCUT2D eigenvalue weighted by Crippen LogP contribution is 2.58. The van der Waals surface area contributed by atoms with Crippen molar-refractivity contribution in [2.45, 2.75) is 89.9 Å². The van der Waals surface area contributed by atoms with Crippen LogP contribution in [0.1, 0.15) is 100 Å². The van der Waals surface area contributed by atoms with E-state index in [-0.39, 0.29) is 5.41 Å². The molecule has 3 aromatic carbocycles. The molecule has 0 saturated heterocycles. The van der Waals surface area contributed by atoms with Crippen LogP contribution in [0.5, 0.6) is 0 Å². The van der Waals surface area contributed by atoms with Crippen molar-refractivity contribution in [2.75, 3.05) is 0 Å². The summed E-state index contributed by atoms with van der Waals surface area (Å²) in [7, 11) is 0. The lowest BCUT2D eigenvalue weighted by molar-refractivity contribution is 0.401. The number of hydrogen-bond donors (Lipinski definition) is 0. The predicted molar refractivity (Wildman–Crippen MR) is 160 cm³/mol. The quantitative estimate of drug-likeness (QED) is 0.163. The summed E-state index contributed by atoms with van der Waals surface area (Å²) in [5.41, 5.74) is 15.5. The molecule has 0 spiro atoms. The zero-order chi connectivity index (χ0) is 25.7. The van der Waals surface area contributed by atoms with Gasteiger partial charge in [0.1, 0.15) is 22.1 Å². The van der Waals surface area contributed by atoms with E-state index in [1.165, 1.54) is 132 Å². The van der Waals surface area contributed by atoms with Crippen molar-refractivity contribution in [1.29, 1.82) is 0 Å². The zero-order valence-corrected chi connectivity index (χ0v) is 24.0. The average molecular weight is 539 g/mol. The lowest BCUT2D eigenvalue weighted by Gasteiger charge is -2.33. The molecular weight excluding hydrogens is 505 g/mol. The third-order valence-corrected chi connectivity index (χ3v) is 10.1. The van der Waals surface area contributed by atoms with Crippen LogP contribution in [-0.4, -0.2) is 17.5 Å². The minimum Gasteiger partial charge on any atom is -0.173 e. The largest absolute Gasteiger partial charge is 0.173 e. The molecular formula is C32H34N4S2. The van der Waals surface area contributed by atoms with E-state index in [9.17, 15) is 0 Å². The molecule has 38 heavy (non-hydrogen) atoms. The Bertz CT molecular complexity index is 1630. The molecule has 0 amide bonds. The van der Waals surface area contributed by atoms with Gasteiger partial charge < -0.3 is 0 Å². The molecule has 5 aromatic rings. The third kappa shape index (κ3) is 3.67. The van der Waals surface area contributed by atoms with Crippen molar-refractivity contribution in [2.24, 2.45) is 0 Å². The number of benzene rings is 3. The Hall–Kier alpha value is -2.70. The number of aromatic nitrogens is 4. The van der Waals surface area contributed by atoms with Gasteiger partial charge in [-0.1, -0.05) is 77.3 Å². The van der Waals surface area contributed by atoms with Gasteiger partial charge in [-0.05, 0) is 76.9 Å². The van der Waals surface area contributed by atoms with Crippen LogP contribution in [0.15, 0.2) is 36.4 Å². The molecule has 0 saturated carbocycles. The Labute approximate surface area is 233 Å². The van der Waals surface area contributed by atoms with Crippen LogP contribution < -0.4 is 0 Å². The van der Waals surface area contributed by atoms with E-state index in [1.807, 2.05) is 0 Å². The van der Waals surface area contributed by atoms with Crippen LogP contribution in [0.2, 0.25) is 0 Å². The molecule has 7 rings (SSSR count). The highest BCUT2D eigenvalue weighted by atomic mass is 32.1. The maximum Gasteiger partial charge on any atom is 0.112 e. The monoisotopic (exact) mass is 538 g/mol. The van der Waals surface area contributed by atoms with E-state index in [1.54, 1.807) is 0 Å². The van der Waals surface area contributed by atoms with E-state index in [4.69, 9.17) is 8.75 Å². The molecule has 0 N–H and O–H groups in total. The molecule has 2 aliphatic rings. The van der Waals surface area contributed by atoms with E-state index in [0.717, 1.165) is 28.5 Å². The molecule has 0 atom stereocenters. The summed E-state index contributed by atoms with van der Waals surface area (Å²) in [6.07, 6.45) is 13.7. The number of fused-ring (bicyclic) bond motifs is 10. The van der Waals surface area contributed by atoms with Gasteiger partial charge in [0.2, 0.25) is 0 Å². The van der Waals surface area contributed by atoms with Crippen molar-refractivity contribution in [1.82, 2.24) is 17.5 Å². The highest BCUT2D eigenvalue weighted by molar-refractivity contribution is 7.00. The van der Waals surface area contributed by atoms with Crippen molar-refractivity contribution in [3.05, 3.63) is 58.7 Å². The zero-order valence-electron chi connectivity index (χ0n) is 22.3. The summed E-state index contributed by atoms with van der Waals surface area (Å²) < 4.78 is 18.8. The molecule has 2 heterocycles. The topological polar surface area (TPSA) is 51.6 Å². The van der Waals surface area contributed by atoms with Gasteiger partial charge in [-0.2, -0.15) is 17.5 Å². The molecule has 194 valence electrons. The second kappa shape index (κ2) is 9.80. The van der Waals surface area contributed by atoms with Crippen molar-refractivity contribution >= 4 is 45.5 Å². The van der Waals surface area contributed by atoms with Crippen LogP contribution in [-0.2, 0) is 11.8 Å². The van der Waals surface area contributed by atoms with E-state index >= 15 is 0 Å². The van der Waals surface area contributed by atoms with E-state index in [0.29, 0.717) is 0 Å². The Morgan fingerprint density at radius 1 is 0.632 bits per heavy atom. The van der Waals surface area contributed by atoms with Crippen LogP contribution in [0.4, 0.5) is 0 Å². The van der Waals surface area contributed by atoms with Gasteiger partial charge in [0.25, 0.3) is 0 Å². The Morgan fingerprint density at radius 2 is 1.29 bits per heavy atom. The number of unbranched alkanes of at least 4 members (excludes halogenated alkanes) is 6. The summed E-state index contributed by atoms with van der Waals surface area (Å²) in [5.74, 6) is 0. The summed E-state index contributed by atoms with van der Waals surface area (Å²) in [6.45, 7) is 4.61. The van der Waals surface area contributed by atoms with Crippen LogP contribution in [0, 0.1) is 0 Å². The van der Waals surface area contributed by atoms with Gasteiger partial charge in [-0.3, -0.25) is 0 Å². The molecule has 0 unspecified atom stereocenters. The molecule has 6 heteroatoms. The first kappa shape index (κ1) is 24.3. The second-order valence-electron chi connectivity index (χ2n) is 11.3. The Balaban J connectivity index is 1.45. The fraction of sp³-hybridized carbons (Fsp3) is 0.438. The summed E-state index contributed by atoms with van der Waals surface area (Å²) in [5, 5.41) is 0. The van der Waals surface area contributed by atoms with Gasteiger partial charge in [0.05, 0.1) is 23.5 Å². The summed E-state index contributed by atoms with van der Waals surface area (Å²) >= 11 is 2.67. The predicted octanol–water partition coefficient (Wildman–Crippen LogP) is 9.47. The van der Waals surface area contributed by atoms with Crippen LogP contribution in [0.3, 0.4) is 0 Å². The first-order valence-electron chi connectivity index (χ1n) is 14.4. The molecule has 4 nitrogen and oxygen atoms in total. The first-order valence-corrected chi connectivity index (χ1v) is 15.9. The first-order chi connectivity index (χ1) is 18.7. The van der Waals surface area contributed by atoms with Crippen LogP contribution in [0.25, 0.3) is 44.3 Å². The molecule has 2 aromatic heterocycles. The van der Waals surface area contributed by atoms with Gasteiger partial charge in [0.15, 0.2) is 0 Å². The Morgan fingerprint density at radius 3 is 1.97 bits per heavy atom. The van der Waals surface area contributed by atoms with E-state index in [2.05, 4.69) is 59.0 Å². The normalized spacial score (nSPS) is 14.7. The number of hydrogen-bond acceptors (Lipinski definition) is 6. The molecule has 2 aliphatic carbocycles. The highest BCUT2D eigenvalue weighted by Gasteiger charge is 2.44. The summed E-state index contributed by atoms with van der Waals surface area (Å²) in [6, 6.07) is 14.1. The molecule has 0 aliphatic heterocycles. The van der Waals surface area contributed by atoms with Gasteiger partial charge in [0, 0.05) is 16.5 Å². The molecule has 0 radical (unpaired) electrons. The smallest absolute Gasteiger partial charge is 0.112 e. The molecule has 0 fully saturated rings.